The summed E-state index contributed by atoms with van der Waals surface area (Å²) in [5.41, 5.74) is 1.95. The summed E-state index contributed by atoms with van der Waals surface area (Å²) >= 11 is 0. The molecule has 0 spiro atoms. The second kappa shape index (κ2) is 17.4. The Morgan fingerprint density at radius 3 is 2.56 bits per heavy atom. The Balaban J connectivity index is 1.72. The number of fused-ring (bicyclic) bond motifs is 2. The van der Waals surface area contributed by atoms with Crippen LogP contribution in [0.25, 0.3) is 0 Å². The monoisotopic (exact) mass is 594 g/mol. The summed E-state index contributed by atoms with van der Waals surface area (Å²) in [5.74, 6) is -1.10. The molecule has 1 aliphatic carbocycles. The van der Waals surface area contributed by atoms with Gasteiger partial charge in [0.1, 0.15) is 17.9 Å². The van der Waals surface area contributed by atoms with Crippen molar-refractivity contribution in [3.8, 4) is 5.75 Å². The molecule has 1 saturated carbocycles. The highest BCUT2D eigenvalue weighted by atomic mass is 16.5. The summed E-state index contributed by atoms with van der Waals surface area (Å²) in [6.07, 6.45) is 16.0. The normalized spacial score (nSPS) is 27.2. The van der Waals surface area contributed by atoms with E-state index in [1.807, 2.05) is 19.1 Å². The topological polar surface area (TPSA) is 145 Å². The predicted octanol–water partition coefficient (Wildman–Crippen LogP) is 4.78. The van der Waals surface area contributed by atoms with Gasteiger partial charge in [0.05, 0.1) is 18.6 Å². The van der Waals surface area contributed by atoms with Gasteiger partial charge in [-0.3, -0.25) is 9.59 Å². The van der Waals surface area contributed by atoms with Gasteiger partial charge in [-0.15, -0.1) is 0 Å². The fourth-order valence-corrected chi connectivity index (χ4v) is 5.24. The van der Waals surface area contributed by atoms with Crippen LogP contribution in [0, 0.1) is 5.92 Å². The second-order valence-corrected chi connectivity index (χ2v) is 11.5. The molecule has 0 saturated heterocycles. The lowest BCUT2D eigenvalue weighted by atomic mass is 9.88. The molecule has 1 fully saturated rings. The van der Waals surface area contributed by atoms with E-state index in [0.29, 0.717) is 24.9 Å². The van der Waals surface area contributed by atoms with Gasteiger partial charge in [-0.2, -0.15) is 0 Å². The van der Waals surface area contributed by atoms with Crippen molar-refractivity contribution >= 4 is 23.5 Å². The smallest absolute Gasteiger partial charge is 0.328 e. The summed E-state index contributed by atoms with van der Waals surface area (Å²) in [6.45, 7) is 3.43. The van der Waals surface area contributed by atoms with Gasteiger partial charge in [-0.25, -0.2) is 4.79 Å². The van der Waals surface area contributed by atoms with Crippen molar-refractivity contribution in [2.45, 2.75) is 102 Å². The van der Waals surface area contributed by atoms with Crippen LogP contribution in [0.5, 0.6) is 5.75 Å². The first kappa shape index (κ1) is 33.8. The number of aryl methyl sites for hydroxylation is 1. The number of benzene rings is 1. The number of phenols is 1. The number of ether oxygens (including phenoxy) is 1. The molecule has 2 aliphatic rings. The molecular weight excluding hydrogens is 548 g/mol. The van der Waals surface area contributed by atoms with Gasteiger partial charge in [-0.05, 0) is 62.8 Å². The van der Waals surface area contributed by atoms with Crippen molar-refractivity contribution in [3.05, 3.63) is 71.9 Å². The minimum absolute atomic E-state index is 0.0128. The van der Waals surface area contributed by atoms with Crippen molar-refractivity contribution < 1.29 is 34.4 Å². The first-order valence-corrected chi connectivity index (χ1v) is 15.3. The number of phenolic OH excluding ortho intramolecular Hbond substituents is 1. The Hall–Kier alpha value is -3.69. The number of allylic oxidation sites excluding steroid dienone is 5. The Labute approximate surface area is 254 Å². The van der Waals surface area contributed by atoms with Crippen molar-refractivity contribution in [1.29, 1.82) is 0 Å². The van der Waals surface area contributed by atoms with Crippen molar-refractivity contribution in [3.63, 3.8) is 0 Å². The summed E-state index contributed by atoms with van der Waals surface area (Å²) in [6, 6.07) is 4.02. The van der Waals surface area contributed by atoms with Gasteiger partial charge < -0.3 is 30.7 Å². The van der Waals surface area contributed by atoms with Gasteiger partial charge in [0.25, 0.3) is 0 Å². The molecule has 9 nitrogen and oxygen atoms in total. The fourth-order valence-electron chi connectivity index (χ4n) is 5.24. The van der Waals surface area contributed by atoms with Crippen molar-refractivity contribution in [1.82, 2.24) is 5.32 Å². The highest BCUT2D eigenvalue weighted by Gasteiger charge is 2.27. The summed E-state index contributed by atoms with van der Waals surface area (Å²) in [5, 5.41) is 36.8. The van der Waals surface area contributed by atoms with Crippen LogP contribution in [-0.4, -0.2) is 57.5 Å². The lowest BCUT2D eigenvalue weighted by molar-refractivity contribution is -0.153. The van der Waals surface area contributed by atoms with Gasteiger partial charge in [0.2, 0.25) is 11.8 Å². The molecular formula is C34H46N2O7. The van der Waals surface area contributed by atoms with E-state index in [-0.39, 0.29) is 36.3 Å². The number of nitrogens with one attached hydrogen (secondary N) is 2. The zero-order valence-corrected chi connectivity index (χ0v) is 25.2. The molecule has 1 aromatic carbocycles. The summed E-state index contributed by atoms with van der Waals surface area (Å²) in [4.78, 5) is 38.0. The number of esters is 1. The minimum atomic E-state index is -0.987. The van der Waals surface area contributed by atoms with Gasteiger partial charge in [0, 0.05) is 30.5 Å². The van der Waals surface area contributed by atoms with Gasteiger partial charge in [0.15, 0.2) is 0 Å². The van der Waals surface area contributed by atoms with Crippen LogP contribution >= 0.6 is 0 Å². The molecule has 2 bridgehead atoms. The molecule has 0 aromatic heterocycles. The van der Waals surface area contributed by atoms with Crippen molar-refractivity contribution in [2.24, 2.45) is 5.92 Å². The van der Waals surface area contributed by atoms with E-state index in [2.05, 4.69) is 10.6 Å². The maximum Gasteiger partial charge on any atom is 0.328 e. The average Bonchev–Trinajstić information content (AvgIpc) is 2.95. The zero-order chi connectivity index (χ0) is 31.2. The Kier molecular flexibility index (Phi) is 13.7. The second-order valence-electron chi connectivity index (χ2n) is 11.5. The number of carbonyl (C=O) groups excluding carboxylic acids is 3. The lowest BCUT2D eigenvalue weighted by Gasteiger charge is -2.25. The zero-order valence-electron chi connectivity index (χ0n) is 25.2. The average molecular weight is 595 g/mol. The number of hydrogen-bond acceptors (Lipinski definition) is 7. The fraction of sp³-hybridized carbons (Fsp3) is 0.500. The van der Waals surface area contributed by atoms with E-state index in [1.54, 1.807) is 43.4 Å². The molecule has 43 heavy (non-hydrogen) atoms. The molecule has 9 heteroatoms. The largest absolute Gasteiger partial charge is 0.508 e. The van der Waals surface area contributed by atoms with E-state index in [4.69, 9.17) is 4.74 Å². The van der Waals surface area contributed by atoms with E-state index < -0.39 is 30.3 Å². The molecule has 3 rings (SSSR count). The first-order chi connectivity index (χ1) is 20.6. The van der Waals surface area contributed by atoms with E-state index >= 15 is 0 Å². The third-order valence-corrected chi connectivity index (χ3v) is 7.74. The third kappa shape index (κ3) is 12.2. The van der Waals surface area contributed by atoms with Crippen LogP contribution in [0.2, 0.25) is 0 Å². The van der Waals surface area contributed by atoms with Crippen LogP contribution in [-0.2, 0) is 25.5 Å². The molecule has 0 unspecified atom stereocenters. The molecule has 2 amide bonds. The van der Waals surface area contributed by atoms with Crippen LogP contribution in [0.15, 0.2) is 66.3 Å². The Bertz CT molecular complexity index is 1210. The molecule has 0 radical (unpaired) electrons. The van der Waals surface area contributed by atoms with Crippen LogP contribution in [0.3, 0.4) is 0 Å². The lowest BCUT2D eigenvalue weighted by Crippen LogP contribution is -2.44. The SMILES string of the molecule is C/C1=C/CCc2cc(O)cc(c2)NC(=O)C[C@@H](O)/C=C/C=C/C=C/C[C@H](OC(=O)[C@@H](C)NC(=O)C2CCCCC2)C[C@H]1O. The number of aliphatic hydroxyl groups is 2. The number of aliphatic hydroxyl groups excluding tert-OH is 2. The molecule has 5 N–H and O–H groups in total. The highest BCUT2D eigenvalue weighted by molar-refractivity contribution is 5.91. The number of anilines is 1. The third-order valence-electron chi connectivity index (χ3n) is 7.74. The summed E-state index contributed by atoms with van der Waals surface area (Å²) < 4.78 is 5.78. The standard InChI is InChI=1S/C34H46N2O7/c1-23-12-11-13-25-18-27(20-29(38)19-25)36-32(40)21-28(37)16-9-4-3-5-10-17-30(22-31(23)39)43-34(42)24(2)35-33(41)26-14-7-6-8-15-26/h3-5,9-10,12,16,18-20,24,26,28,30-31,37-39H,6-8,11,13-15,17,21-22H2,1-2H3,(H,35,41)(H,36,40)/b4-3+,10-5+,16-9+,23-12-/t24-,28+,30+,31-/m1/s1. The number of amides is 2. The number of rotatable bonds is 4. The molecule has 1 aliphatic heterocycles. The van der Waals surface area contributed by atoms with Crippen LogP contribution < -0.4 is 10.6 Å². The molecule has 1 heterocycles. The number of carbonyl (C=O) groups is 3. The maximum absolute atomic E-state index is 12.9. The van der Waals surface area contributed by atoms with Crippen LogP contribution in [0.4, 0.5) is 5.69 Å². The highest BCUT2D eigenvalue weighted by Crippen LogP contribution is 2.24. The van der Waals surface area contributed by atoms with E-state index in [0.717, 1.165) is 43.2 Å². The molecule has 4 atom stereocenters. The predicted molar refractivity (Wildman–Crippen MR) is 166 cm³/mol. The van der Waals surface area contributed by atoms with Crippen molar-refractivity contribution in [2.75, 3.05) is 5.32 Å². The Morgan fingerprint density at radius 1 is 1.05 bits per heavy atom. The van der Waals surface area contributed by atoms with Gasteiger partial charge >= 0.3 is 5.97 Å². The quantitative estimate of drug-likeness (QED) is 0.249. The molecule has 234 valence electrons. The number of aromatic hydroxyl groups is 1. The van der Waals surface area contributed by atoms with Crippen LogP contribution in [0.1, 0.15) is 77.2 Å². The maximum atomic E-state index is 12.9. The summed E-state index contributed by atoms with van der Waals surface area (Å²) in [7, 11) is 0. The number of hydrogen-bond donors (Lipinski definition) is 5. The molecule has 1 aromatic rings. The van der Waals surface area contributed by atoms with E-state index in [1.165, 1.54) is 12.1 Å². The van der Waals surface area contributed by atoms with Gasteiger partial charge in [-0.1, -0.05) is 61.8 Å². The van der Waals surface area contributed by atoms with E-state index in [9.17, 15) is 29.7 Å². The Morgan fingerprint density at radius 2 is 1.79 bits per heavy atom. The first-order valence-electron chi connectivity index (χ1n) is 15.3. The minimum Gasteiger partial charge on any atom is -0.508 e.